The molecule has 4 atom stereocenters. The van der Waals surface area contributed by atoms with Crippen LogP contribution in [0.5, 0.6) is 5.88 Å². The maximum atomic E-state index is 10.1. The third-order valence-corrected chi connectivity index (χ3v) is 7.63. The van der Waals surface area contributed by atoms with Crippen LogP contribution >= 0.6 is 0 Å². The molecular formula is C28H34N4O4. The predicted octanol–water partition coefficient (Wildman–Crippen LogP) is 3.92. The van der Waals surface area contributed by atoms with Gasteiger partial charge < -0.3 is 29.6 Å². The van der Waals surface area contributed by atoms with Gasteiger partial charge in [0.1, 0.15) is 23.3 Å². The number of hydrogen-bond donors (Lipinski definition) is 3. The Bertz CT molecular complexity index is 1260. The molecule has 0 amide bonds. The molecule has 0 bridgehead atoms. The number of aliphatic hydroxyl groups is 2. The topological polar surface area (TPSA) is 115 Å². The Kier molecular flexibility index (Phi) is 6.89. The molecule has 2 aromatic heterocycles. The normalized spacial score (nSPS) is 23.7. The Balaban J connectivity index is 1.43. The van der Waals surface area contributed by atoms with Gasteiger partial charge in [-0.2, -0.15) is 5.26 Å². The highest BCUT2D eigenvalue weighted by atomic mass is 16.6. The molecule has 3 N–H and O–H groups in total. The number of aromatic nitrogens is 2. The highest BCUT2D eigenvalue weighted by Crippen LogP contribution is 2.34. The summed E-state index contributed by atoms with van der Waals surface area (Å²) in [6, 6.07) is 12.6. The van der Waals surface area contributed by atoms with Gasteiger partial charge in [0.15, 0.2) is 0 Å². The molecule has 8 nitrogen and oxygen atoms in total. The number of fused-ring (bicyclic) bond motifs is 1. The number of benzene rings is 1. The van der Waals surface area contributed by atoms with Gasteiger partial charge in [0.25, 0.3) is 0 Å². The molecule has 8 heteroatoms. The molecule has 0 aliphatic carbocycles. The fourth-order valence-corrected chi connectivity index (χ4v) is 5.34. The molecule has 2 fully saturated rings. The van der Waals surface area contributed by atoms with Crippen molar-refractivity contribution < 1.29 is 19.7 Å². The van der Waals surface area contributed by atoms with Crippen molar-refractivity contribution in [2.75, 3.05) is 24.6 Å². The Labute approximate surface area is 211 Å². The second kappa shape index (κ2) is 10.1. The van der Waals surface area contributed by atoms with Crippen molar-refractivity contribution in [1.82, 2.24) is 9.97 Å². The van der Waals surface area contributed by atoms with Crippen LogP contribution in [0.2, 0.25) is 0 Å². The molecule has 3 unspecified atom stereocenters. The molecular weight excluding hydrogens is 456 g/mol. The summed E-state index contributed by atoms with van der Waals surface area (Å²) in [6.07, 6.45) is 1.03. The number of anilines is 1. The standard InChI is InChI=1S/C28H34N4O4/c1-4-24(27-17(3)23(34)15-35-27)36-28-21(14-29)26-22(30-28)13-16(2)25(31-26)18-5-7-19(8-6-18)32-11-9-20(33)10-12-32/h5-8,13,17,20,23-24,27,30,33-34H,4,9-12,15H2,1-3H3/t17?,23?,24?,27-/m0/s1. The summed E-state index contributed by atoms with van der Waals surface area (Å²) in [5.74, 6) is 0.345. The molecule has 4 heterocycles. The number of hydrogen-bond acceptors (Lipinski definition) is 7. The lowest BCUT2D eigenvalue weighted by Crippen LogP contribution is -2.36. The van der Waals surface area contributed by atoms with Gasteiger partial charge in [-0.25, -0.2) is 4.98 Å². The molecule has 0 radical (unpaired) electrons. The van der Waals surface area contributed by atoms with Crippen molar-refractivity contribution in [2.45, 2.75) is 64.4 Å². The summed E-state index contributed by atoms with van der Waals surface area (Å²) in [7, 11) is 0. The largest absolute Gasteiger partial charge is 0.472 e. The van der Waals surface area contributed by atoms with E-state index in [-0.39, 0.29) is 24.2 Å². The van der Waals surface area contributed by atoms with Crippen LogP contribution in [0.25, 0.3) is 22.3 Å². The van der Waals surface area contributed by atoms with Gasteiger partial charge in [-0.1, -0.05) is 26.0 Å². The average molecular weight is 491 g/mol. The van der Waals surface area contributed by atoms with E-state index in [4.69, 9.17) is 14.5 Å². The fraction of sp³-hybridized carbons (Fsp3) is 0.500. The highest BCUT2D eigenvalue weighted by molar-refractivity contribution is 5.88. The lowest BCUT2D eigenvalue weighted by Gasteiger charge is -2.31. The summed E-state index contributed by atoms with van der Waals surface area (Å²) in [5.41, 5.74) is 5.65. The van der Waals surface area contributed by atoms with Crippen molar-refractivity contribution in [3.05, 3.63) is 41.5 Å². The number of aryl methyl sites for hydroxylation is 1. The predicted molar refractivity (Wildman–Crippen MR) is 138 cm³/mol. The quantitative estimate of drug-likeness (QED) is 0.480. The van der Waals surface area contributed by atoms with Crippen molar-refractivity contribution in [3.63, 3.8) is 0 Å². The Hall–Kier alpha value is -3.12. The van der Waals surface area contributed by atoms with Crippen LogP contribution in [0.4, 0.5) is 5.69 Å². The minimum Gasteiger partial charge on any atom is -0.472 e. The Morgan fingerprint density at radius 3 is 2.58 bits per heavy atom. The molecule has 2 aliphatic heterocycles. The maximum Gasteiger partial charge on any atom is 0.212 e. The second-order valence-corrected chi connectivity index (χ2v) is 10.0. The zero-order valence-corrected chi connectivity index (χ0v) is 21.1. The van der Waals surface area contributed by atoms with E-state index in [1.54, 1.807) is 0 Å². The van der Waals surface area contributed by atoms with Crippen LogP contribution in [0.3, 0.4) is 0 Å². The summed E-state index contributed by atoms with van der Waals surface area (Å²) in [5, 5.41) is 29.9. The van der Waals surface area contributed by atoms with E-state index in [2.05, 4.69) is 40.2 Å². The Morgan fingerprint density at radius 1 is 1.25 bits per heavy atom. The number of pyridine rings is 1. The minimum atomic E-state index is -0.509. The van der Waals surface area contributed by atoms with Crippen LogP contribution in [0, 0.1) is 24.2 Å². The minimum absolute atomic E-state index is 0.0465. The van der Waals surface area contributed by atoms with Crippen molar-refractivity contribution in [2.24, 2.45) is 5.92 Å². The van der Waals surface area contributed by atoms with Crippen molar-refractivity contribution in [1.29, 1.82) is 5.26 Å². The first kappa shape index (κ1) is 24.6. The number of rotatable bonds is 6. The van der Waals surface area contributed by atoms with Crippen LogP contribution in [0.1, 0.15) is 44.2 Å². The molecule has 0 spiro atoms. The first-order valence-corrected chi connectivity index (χ1v) is 12.8. The molecule has 0 saturated carbocycles. The van der Waals surface area contributed by atoms with E-state index in [0.29, 0.717) is 30.0 Å². The molecule has 2 saturated heterocycles. The maximum absolute atomic E-state index is 10.1. The van der Waals surface area contributed by atoms with Crippen LogP contribution in [0.15, 0.2) is 30.3 Å². The average Bonchev–Trinajstić information content (AvgIpc) is 3.40. The highest BCUT2D eigenvalue weighted by Gasteiger charge is 2.39. The monoisotopic (exact) mass is 490 g/mol. The fourth-order valence-electron chi connectivity index (χ4n) is 5.34. The summed E-state index contributed by atoms with van der Waals surface area (Å²) < 4.78 is 12.1. The first-order chi connectivity index (χ1) is 17.4. The number of piperidine rings is 1. The smallest absolute Gasteiger partial charge is 0.212 e. The van der Waals surface area contributed by atoms with E-state index in [1.807, 2.05) is 26.8 Å². The Morgan fingerprint density at radius 2 is 1.97 bits per heavy atom. The van der Waals surface area contributed by atoms with Crippen LogP contribution in [-0.2, 0) is 4.74 Å². The van der Waals surface area contributed by atoms with E-state index in [9.17, 15) is 15.5 Å². The van der Waals surface area contributed by atoms with Crippen LogP contribution < -0.4 is 9.64 Å². The third kappa shape index (κ3) is 4.55. The third-order valence-electron chi connectivity index (χ3n) is 7.63. The van der Waals surface area contributed by atoms with Gasteiger partial charge >= 0.3 is 0 Å². The van der Waals surface area contributed by atoms with E-state index < -0.39 is 6.10 Å². The molecule has 3 aromatic rings. The number of aliphatic hydroxyl groups excluding tert-OH is 2. The van der Waals surface area contributed by atoms with Gasteiger partial charge in [-0.05, 0) is 49.9 Å². The van der Waals surface area contributed by atoms with Gasteiger partial charge in [0, 0.05) is 30.3 Å². The van der Waals surface area contributed by atoms with Crippen molar-refractivity contribution >= 4 is 16.7 Å². The van der Waals surface area contributed by atoms with Gasteiger partial charge in [-0.15, -0.1) is 0 Å². The number of aromatic amines is 1. The van der Waals surface area contributed by atoms with Gasteiger partial charge in [0.2, 0.25) is 5.88 Å². The van der Waals surface area contributed by atoms with E-state index >= 15 is 0 Å². The zero-order chi connectivity index (χ0) is 25.4. The van der Waals surface area contributed by atoms with Gasteiger partial charge in [0.05, 0.1) is 36.1 Å². The second-order valence-electron chi connectivity index (χ2n) is 10.0. The number of nitriles is 1. The summed E-state index contributed by atoms with van der Waals surface area (Å²) >= 11 is 0. The molecule has 190 valence electrons. The zero-order valence-electron chi connectivity index (χ0n) is 21.1. The first-order valence-electron chi connectivity index (χ1n) is 12.8. The molecule has 2 aliphatic rings. The number of nitrogens with one attached hydrogen (secondary N) is 1. The van der Waals surface area contributed by atoms with E-state index in [1.165, 1.54) is 0 Å². The number of H-pyrrole nitrogens is 1. The van der Waals surface area contributed by atoms with Gasteiger partial charge in [-0.3, -0.25) is 0 Å². The molecule has 36 heavy (non-hydrogen) atoms. The molecule has 1 aromatic carbocycles. The SMILES string of the molecule is CCC(Oc1[nH]c2cc(C)c(-c3ccc(N4CCC(O)CC4)cc3)nc2c1C#N)[C@H]1OCC(O)C1C. The lowest BCUT2D eigenvalue weighted by atomic mass is 9.96. The van der Waals surface area contributed by atoms with E-state index in [0.717, 1.165) is 54.0 Å². The van der Waals surface area contributed by atoms with Crippen LogP contribution in [-0.4, -0.2) is 64.3 Å². The summed E-state index contributed by atoms with van der Waals surface area (Å²) in [6.45, 7) is 7.98. The lowest BCUT2D eigenvalue weighted by molar-refractivity contribution is -0.00624. The molecule has 5 rings (SSSR count). The van der Waals surface area contributed by atoms with Crippen molar-refractivity contribution in [3.8, 4) is 23.2 Å². The summed E-state index contributed by atoms with van der Waals surface area (Å²) in [4.78, 5) is 10.4. The number of nitrogens with zero attached hydrogens (tertiary/aromatic N) is 3. The number of ether oxygens (including phenoxy) is 2.